The molecule has 0 aliphatic rings. The van der Waals surface area contributed by atoms with E-state index in [2.05, 4.69) is 31.4 Å². The molecule has 0 aliphatic carbocycles. The van der Waals surface area contributed by atoms with Gasteiger partial charge < -0.3 is 14.6 Å². The number of nitrogens with zero attached hydrogens (tertiary/aromatic N) is 2. The number of benzene rings is 2. The third-order valence-corrected chi connectivity index (χ3v) is 4.47. The van der Waals surface area contributed by atoms with Gasteiger partial charge in [-0.15, -0.1) is 0 Å². The fourth-order valence-corrected chi connectivity index (χ4v) is 2.86. The van der Waals surface area contributed by atoms with Crippen molar-refractivity contribution in [2.75, 3.05) is 0 Å². The van der Waals surface area contributed by atoms with Crippen LogP contribution in [0.4, 0.5) is 0 Å². The van der Waals surface area contributed by atoms with Crippen molar-refractivity contribution in [2.45, 2.75) is 33.4 Å². The van der Waals surface area contributed by atoms with Crippen LogP contribution in [0.3, 0.4) is 0 Å². The van der Waals surface area contributed by atoms with E-state index in [1.807, 2.05) is 56.3 Å². The first kappa shape index (κ1) is 19.1. The van der Waals surface area contributed by atoms with Crippen molar-refractivity contribution in [1.82, 2.24) is 15.5 Å². The molecule has 6 nitrogen and oxygen atoms in total. The van der Waals surface area contributed by atoms with Crippen LogP contribution < -0.4 is 10.1 Å². The van der Waals surface area contributed by atoms with Gasteiger partial charge in [-0.25, -0.2) is 0 Å². The van der Waals surface area contributed by atoms with Crippen LogP contribution >= 0.6 is 15.9 Å². The second-order valence-corrected chi connectivity index (χ2v) is 7.18. The van der Waals surface area contributed by atoms with Crippen molar-refractivity contribution in [3.05, 3.63) is 64.0 Å². The second kappa shape index (κ2) is 8.35. The van der Waals surface area contributed by atoms with E-state index >= 15 is 0 Å². The summed E-state index contributed by atoms with van der Waals surface area (Å²) >= 11 is 3.41. The molecular formula is C20H20BrN3O3. The largest absolute Gasteiger partial charge is 0.481 e. The maximum absolute atomic E-state index is 12.3. The molecule has 1 atom stereocenters. The van der Waals surface area contributed by atoms with Crippen LogP contribution in [0, 0.1) is 13.8 Å². The molecule has 3 rings (SSSR count). The number of carbonyl (C=O) groups excluding carboxylic acids is 1. The highest BCUT2D eigenvalue weighted by atomic mass is 79.9. The number of rotatable bonds is 6. The Labute approximate surface area is 166 Å². The minimum absolute atomic E-state index is 0.139. The first-order valence-corrected chi connectivity index (χ1v) is 9.32. The highest BCUT2D eigenvalue weighted by Crippen LogP contribution is 2.21. The summed E-state index contributed by atoms with van der Waals surface area (Å²) < 4.78 is 11.9. The Hall–Kier alpha value is -2.67. The van der Waals surface area contributed by atoms with Crippen LogP contribution in [0.2, 0.25) is 0 Å². The summed E-state index contributed by atoms with van der Waals surface area (Å²) in [4.78, 5) is 16.6. The first-order chi connectivity index (χ1) is 12.9. The van der Waals surface area contributed by atoms with Crippen molar-refractivity contribution in [2.24, 2.45) is 0 Å². The predicted octanol–water partition coefficient (Wildman–Crippen LogP) is 4.20. The van der Waals surface area contributed by atoms with Gasteiger partial charge in [-0.1, -0.05) is 45.4 Å². The molecule has 2 aromatic carbocycles. The van der Waals surface area contributed by atoms with E-state index < -0.39 is 6.10 Å². The van der Waals surface area contributed by atoms with E-state index in [0.717, 1.165) is 21.2 Å². The normalized spacial score (nSPS) is 11.9. The minimum atomic E-state index is -0.641. The summed E-state index contributed by atoms with van der Waals surface area (Å²) in [5, 5.41) is 6.71. The highest BCUT2D eigenvalue weighted by Gasteiger charge is 2.17. The van der Waals surface area contributed by atoms with Gasteiger partial charge in [-0.3, -0.25) is 4.79 Å². The molecule has 140 valence electrons. The number of carbonyl (C=O) groups is 1. The molecule has 1 heterocycles. The number of hydrogen-bond acceptors (Lipinski definition) is 5. The standard InChI is InChI=1S/C20H20BrN3O3/c1-12-7-8-13(2)17(9-12)26-14(3)20(25)22-11-18-23-19(24-27-18)15-5-4-6-16(21)10-15/h4-10,14H,11H2,1-3H3,(H,22,25)/t14-/m0/s1. The van der Waals surface area contributed by atoms with E-state index in [-0.39, 0.29) is 12.5 Å². The molecule has 0 saturated heterocycles. The van der Waals surface area contributed by atoms with E-state index in [0.29, 0.717) is 17.5 Å². The molecule has 27 heavy (non-hydrogen) atoms. The maximum Gasteiger partial charge on any atom is 0.261 e. The average Bonchev–Trinajstić information content (AvgIpc) is 3.12. The Kier molecular flexibility index (Phi) is 5.91. The van der Waals surface area contributed by atoms with Gasteiger partial charge in [0, 0.05) is 10.0 Å². The van der Waals surface area contributed by atoms with E-state index in [1.165, 1.54) is 0 Å². The zero-order valence-corrected chi connectivity index (χ0v) is 16.9. The lowest BCUT2D eigenvalue weighted by Crippen LogP contribution is -2.36. The molecule has 7 heteroatoms. The van der Waals surface area contributed by atoms with Gasteiger partial charge in [0.15, 0.2) is 6.10 Å². The summed E-state index contributed by atoms with van der Waals surface area (Å²) in [6.07, 6.45) is -0.641. The molecule has 3 aromatic rings. The third kappa shape index (κ3) is 4.95. The van der Waals surface area contributed by atoms with Crippen LogP contribution in [-0.4, -0.2) is 22.2 Å². The van der Waals surface area contributed by atoms with E-state index in [9.17, 15) is 4.79 Å². The van der Waals surface area contributed by atoms with Gasteiger partial charge >= 0.3 is 0 Å². The fourth-order valence-electron chi connectivity index (χ4n) is 2.46. The van der Waals surface area contributed by atoms with Crippen molar-refractivity contribution in [3.63, 3.8) is 0 Å². The molecule has 0 radical (unpaired) electrons. The SMILES string of the molecule is Cc1ccc(C)c(O[C@@H](C)C(=O)NCc2nc(-c3cccc(Br)c3)no2)c1. The van der Waals surface area contributed by atoms with Gasteiger partial charge in [-0.2, -0.15) is 4.98 Å². The molecule has 0 bridgehead atoms. The van der Waals surface area contributed by atoms with Gasteiger partial charge in [0.1, 0.15) is 5.75 Å². The molecule has 0 aliphatic heterocycles. The zero-order valence-electron chi connectivity index (χ0n) is 15.3. The Morgan fingerprint density at radius 3 is 2.85 bits per heavy atom. The molecule has 1 aromatic heterocycles. The van der Waals surface area contributed by atoms with Gasteiger partial charge in [-0.05, 0) is 50.1 Å². The summed E-state index contributed by atoms with van der Waals surface area (Å²) in [5.41, 5.74) is 2.89. The molecule has 0 spiro atoms. The Balaban J connectivity index is 1.58. The fraction of sp³-hybridized carbons (Fsp3) is 0.250. The maximum atomic E-state index is 12.3. The number of aromatic nitrogens is 2. The third-order valence-electron chi connectivity index (χ3n) is 3.98. The molecule has 0 saturated carbocycles. The van der Waals surface area contributed by atoms with Crippen LogP contribution in [0.15, 0.2) is 51.5 Å². The lowest BCUT2D eigenvalue weighted by Gasteiger charge is -2.16. The van der Waals surface area contributed by atoms with E-state index in [4.69, 9.17) is 9.26 Å². The Morgan fingerprint density at radius 1 is 1.26 bits per heavy atom. The zero-order chi connectivity index (χ0) is 19.4. The first-order valence-electron chi connectivity index (χ1n) is 8.52. The van der Waals surface area contributed by atoms with Gasteiger partial charge in [0.25, 0.3) is 5.91 Å². The van der Waals surface area contributed by atoms with Crippen LogP contribution in [0.5, 0.6) is 5.75 Å². The molecule has 1 N–H and O–H groups in total. The van der Waals surface area contributed by atoms with E-state index in [1.54, 1.807) is 6.92 Å². The minimum Gasteiger partial charge on any atom is -0.481 e. The lowest BCUT2D eigenvalue weighted by atomic mass is 10.1. The van der Waals surface area contributed by atoms with Gasteiger partial charge in [0.05, 0.1) is 6.54 Å². The highest BCUT2D eigenvalue weighted by molar-refractivity contribution is 9.10. The molecular weight excluding hydrogens is 410 g/mol. The molecule has 0 fully saturated rings. The van der Waals surface area contributed by atoms with Crippen molar-refractivity contribution in [3.8, 4) is 17.1 Å². The van der Waals surface area contributed by atoms with Crippen LogP contribution in [0.25, 0.3) is 11.4 Å². The number of amides is 1. The number of aryl methyl sites for hydroxylation is 2. The predicted molar refractivity (Wildman–Crippen MR) is 105 cm³/mol. The number of nitrogens with one attached hydrogen (secondary N) is 1. The number of ether oxygens (including phenoxy) is 1. The topological polar surface area (TPSA) is 77.2 Å². The quantitative estimate of drug-likeness (QED) is 0.635. The van der Waals surface area contributed by atoms with Crippen molar-refractivity contribution < 1.29 is 14.1 Å². The summed E-state index contributed by atoms with van der Waals surface area (Å²) in [5.74, 6) is 1.25. The lowest BCUT2D eigenvalue weighted by molar-refractivity contribution is -0.127. The summed E-state index contributed by atoms with van der Waals surface area (Å²) in [6, 6.07) is 13.5. The summed E-state index contributed by atoms with van der Waals surface area (Å²) in [6.45, 7) is 5.77. The summed E-state index contributed by atoms with van der Waals surface area (Å²) in [7, 11) is 0. The smallest absolute Gasteiger partial charge is 0.261 e. The molecule has 1 amide bonds. The Morgan fingerprint density at radius 2 is 2.07 bits per heavy atom. The average molecular weight is 430 g/mol. The van der Waals surface area contributed by atoms with Crippen molar-refractivity contribution >= 4 is 21.8 Å². The van der Waals surface area contributed by atoms with Crippen molar-refractivity contribution in [1.29, 1.82) is 0 Å². The second-order valence-electron chi connectivity index (χ2n) is 6.27. The van der Waals surface area contributed by atoms with Gasteiger partial charge in [0.2, 0.25) is 11.7 Å². The van der Waals surface area contributed by atoms with Crippen LogP contribution in [0.1, 0.15) is 23.9 Å². The van der Waals surface area contributed by atoms with Crippen LogP contribution in [-0.2, 0) is 11.3 Å². The molecule has 0 unspecified atom stereocenters. The number of hydrogen-bond donors (Lipinski definition) is 1. The number of halogens is 1. The Bertz CT molecular complexity index is 955. The monoisotopic (exact) mass is 429 g/mol.